The summed E-state index contributed by atoms with van der Waals surface area (Å²) in [6, 6.07) is 8.84. The Bertz CT molecular complexity index is 765. The fourth-order valence-electron chi connectivity index (χ4n) is 2.75. The molecule has 1 atom stereocenters. The van der Waals surface area contributed by atoms with Gasteiger partial charge in [-0.25, -0.2) is 0 Å². The average Bonchev–Trinajstić information content (AvgIpc) is 3.01. The van der Waals surface area contributed by atoms with Crippen LogP contribution in [-0.4, -0.2) is 17.7 Å². The van der Waals surface area contributed by atoms with Gasteiger partial charge in [0.05, 0.1) is 11.6 Å². The lowest BCUT2D eigenvalue weighted by Crippen LogP contribution is -2.32. The van der Waals surface area contributed by atoms with Crippen LogP contribution in [-0.2, 0) is 11.2 Å². The zero-order valence-electron chi connectivity index (χ0n) is 15.8. The highest BCUT2D eigenvalue weighted by atomic mass is 32.1. The number of thiophene rings is 1. The Balaban J connectivity index is 2.29. The standard InChI is InChI=1S/C21H28N2O2S/c1-4-5-6-7-11-16-13-18(21(26-16)23-20(25)15(3)22)19(24)17-12-9-8-10-14(17)2/h8-10,12-13,15H,4-7,11,22H2,1-3H3,(H,23,25)/t15-/m0/s1. The first-order valence-corrected chi connectivity index (χ1v) is 10.0. The molecule has 1 heterocycles. The number of hydrogen-bond donors (Lipinski definition) is 2. The molecule has 26 heavy (non-hydrogen) atoms. The van der Waals surface area contributed by atoms with Crippen molar-refractivity contribution in [3.8, 4) is 0 Å². The van der Waals surface area contributed by atoms with E-state index in [4.69, 9.17) is 5.73 Å². The number of unbranched alkanes of at least 4 members (excludes halogenated alkanes) is 3. The quantitative estimate of drug-likeness (QED) is 0.495. The Morgan fingerprint density at radius 3 is 2.54 bits per heavy atom. The van der Waals surface area contributed by atoms with E-state index in [1.807, 2.05) is 37.3 Å². The van der Waals surface area contributed by atoms with Crippen LogP contribution in [0.3, 0.4) is 0 Å². The molecule has 1 amide bonds. The van der Waals surface area contributed by atoms with E-state index in [0.29, 0.717) is 16.1 Å². The molecule has 0 saturated heterocycles. The van der Waals surface area contributed by atoms with Gasteiger partial charge < -0.3 is 11.1 Å². The van der Waals surface area contributed by atoms with Gasteiger partial charge in [0, 0.05) is 10.4 Å². The molecule has 0 aliphatic carbocycles. The van der Waals surface area contributed by atoms with E-state index in [1.54, 1.807) is 6.92 Å². The molecule has 0 aliphatic rings. The van der Waals surface area contributed by atoms with Crippen LogP contribution in [0.4, 0.5) is 5.00 Å². The van der Waals surface area contributed by atoms with E-state index < -0.39 is 6.04 Å². The van der Waals surface area contributed by atoms with Crippen LogP contribution < -0.4 is 11.1 Å². The minimum Gasteiger partial charge on any atom is -0.320 e. The highest BCUT2D eigenvalue weighted by molar-refractivity contribution is 7.16. The van der Waals surface area contributed by atoms with Crippen molar-refractivity contribution >= 4 is 28.0 Å². The number of nitrogens with one attached hydrogen (secondary N) is 1. The molecule has 3 N–H and O–H groups in total. The van der Waals surface area contributed by atoms with Crippen LogP contribution >= 0.6 is 11.3 Å². The van der Waals surface area contributed by atoms with Crippen molar-refractivity contribution in [3.05, 3.63) is 51.9 Å². The summed E-state index contributed by atoms with van der Waals surface area (Å²) in [5.74, 6) is -0.331. The van der Waals surface area contributed by atoms with Crippen LogP contribution in [0.5, 0.6) is 0 Å². The number of anilines is 1. The predicted octanol–water partition coefficient (Wildman–Crippen LogP) is 4.70. The Morgan fingerprint density at radius 1 is 1.15 bits per heavy atom. The second-order valence-electron chi connectivity index (χ2n) is 6.69. The number of carbonyl (C=O) groups excluding carboxylic acids is 2. The van der Waals surface area contributed by atoms with E-state index in [1.165, 1.54) is 30.6 Å². The zero-order valence-corrected chi connectivity index (χ0v) is 16.6. The van der Waals surface area contributed by atoms with Gasteiger partial charge in [0.1, 0.15) is 5.00 Å². The lowest BCUT2D eigenvalue weighted by molar-refractivity contribution is -0.117. The highest BCUT2D eigenvalue weighted by Crippen LogP contribution is 2.32. The van der Waals surface area contributed by atoms with E-state index in [2.05, 4.69) is 12.2 Å². The van der Waals surface area contributed by atoms with Crippen molar-refractivity contribution in [2.24, 2.45) is 5.73 Å². The van der Waals surface area contributed by atoms with Gasteiger partial charge >= 0.3 is 0 Å². The summed E-state index contributed by atoms with van der Waals surface area (Å²) >= 11 is 1.48. The topological polar surface area (TPSA) is 72.2 Å². The van der Waals surface area contributed by atoms with Crippen LogP contribution in [0.15, 0.2) is 30.3 Å². The molecule has 0 unspecified atom stereocenters. The van der Waals surface area contributed by atoms with Crippen molar-refractivity contribution in [1.29, 1.82) is 0 Å². The average molecular weight is 373 g/mol. The smallest absolute Gasteiger partial charge is 0.241 e. The molecule has 140 valence electrons. The minimum atomic E-state index is -0.619. The molecule has 1 aromatic carbocycles. The number of nitrogens with two attached hydrogens (primary N) is 1. The Morgan fingerprint density at radius 2 is 1.88 bits per heavy atom. The molecule has 5 heteroatoms. The third kappa shape index (κ3) is 5.26. The summed E-state index contributed by atoms with van der Waals surface area (Å²) < 4.78 is 0. The van der Waals surface area contributed by atoms with Gasteiger partial charge in [-0.15, -0.1) is 11.3 Å². The molecule has 2 rings (SSSR count). The van der Waals surface area contributed by atoms with Crippen LogP contribution in [0.25, 0.3) is 0 Å². The van der Waals surface area contributed by atoms with Crippen LogP contribution in [0, 0.1) is 6.92 Å². The molecule has 4 nitrogen and oxygen atoms in total. The number of rotatable bonds is 9. The molecular formula is C21H28N2O2S. The second-order valence-corrected chi connectivity index (χ2v) is 7.82. The number of carbonyl (C=O) groups is 2. The van der Waals surface area contributed by atoms with Crippen LogP contribution in [0.1, 0.15) is 65.9 Å². The first-order chi connectivity index (χ1) is 12.4. The monoisotopic (exact) mass is 372 g/mol. The summed E-state index contributed by atoms with van der Waals surface area (Å²) in [5, 5.41) is 3.44. The van der Waals surface area contributed by atoms with E-state index in [-0.39, 0.29) is 11.7 Å². The maximum atomic E-state index is 13.1. The van der Waals surface area contributed by atoms with Gasteiger partial charge in [-0.2, -0.15) is 0 Å². The van der Waals surface area contributed by atoms with Crippen molar-refractivity contribution in [3.63, 3.8) is 0 Å². The third-order valence-electron chi connectivity index (χ3n) is 4.34. The lowest BCUT2D eigenvalue weighted by atomic mass is 10.00. The molecule has 0 aliphatic heterocycles. The molecule has 0 fully saturated rings. The number of aryl methyl sites for hydroxylation is 2. The van der Waals surface area contributed by atoms with E-state index in [0.717, 1.165) is 23.3 Å². The normalized spacial score (nSPS) is 12.0. The maximum absolute atomic E-state index is 13.1. The highest BCUT2D eigenvalue weighted by Gasteiger charge is 2.21. The Kier molecular flexibility index (Phi) is 7.54. The number of hydrogen-bond acceptors (Lipinski definition) is 4. The van der Waals surface area contributed by atoms with Gasteiger partial charge in [-0.05, 0) is 38.3 Å². The summed E-state index contributed by atoms with van der Waals surface area (Å²) in [5.41, 5.74) is 7.83. The minimum absolute atomic E-state index is 0.0564. The van der Waals surface area contributed by atoms with E-state index in [9.17, 15) is 9.59 Å². The van der Waals surface area contributed by atoms with Crippen molar-refractivity contribution in [2.75, 3.05) is 5.32 Å². The predicted molar refractivity (Wildman–Crippen MR) is 109 cm³/mol. The van der Waals surface area contributed by atoms with Crippen molar-refractivity contribution in [1.82, 2.24) is 0 Å². The molecule has 2 aromatic rings. The van der Waals surface area contributed by atoms with Gasteiger partial charge in [-0.1, -0.05) is 50.5 Å². The van der Waals surface area contributed by atoms with Gasteiger partial charge in [0.2, 0.25) is 5.91 Å². The van der Waals surface area contributed by atoms with E-state index >= 15 is 0 Å². The number of ketones is 1. The first kappa shape index (κ1) is 20.3. The summed E-state index contributed by atoms with van der Waals surface area (Å²) in [7, 11) is 0. The fraction of sp³-hybridized carbons (Fsp3) is 0.429. The second kappa shape index (κ2) is 9.64. The summed E-state index contributed by atoms with van der Waals surface area (Å²) in [6.07, 6.45) is 5.60. The van der Waals surface area contributed by atoms with Gasteiger partial charge in [0.15, 0.2) is 5.78 Å². The summed E-state index contributed by atoms with van der Waals surface area (Å²) in [6.45, 7) is 5.74. The fourth-order valence-corrected chi connectivity index (χ4v) is 3.85. The van der Waals surface area contributed by atoms with Gasteiger partial charge in [0.25, 0.3) is 0 Å². The van der Waals surface area contributed by atoms with Crippen molar-refractivity contribution < 1.29 is 9.59 Å². The molecule has 0 spiro atoms. The Hall–Kier alpha value is -1.98. The molecular weight excluding hydrogens is 344 g/mol. The van der Waals surface area contributed by atoms with Gasteiger partial charge in [-0.3, -0.25) is 9.59 Å². The number of benzene rings is 1. The lowest BCUT2D eigenvalue weighted by Gasteiger charge is -2.09. The first-order valence-electron chi connectivity index (χ1n) is 9.23. The van der Waals surface area contributed by atoms with Crippen molar-refractivity contribution in [2.45, 2.75) is 58.9 Å². The molecule has 1 aromatic heterocycles. The zero-order chi connectivity index (χ0) is 19.1. The SMILES string of the molecule is CCCCCCc1cc(C(=O)c2ccccc2C)c(NC(=O)[C@H](C)N)s1. The largest absolute Gasteiger partial charge is 0.320 e. The maximum Gasteiger partial charge on any atom is 0.241 e. The summed E-state index contributed by atoms with van der Waals surface area (Å²) in [4.78, 5) is 26.2. The molecule has 0 bridgehead atoms. The third-order valence-corrected chi connectivity index (χ3v) is 5.45. The Labute approximate surface area is 159 Å². The molecule has 0 radical (unpaired) electrons. The number of amides is 1. The molecule has 0 saturated carbocycles. The van der Waals surface area contributed by atoms with Crippen LogP contribution in [0.2, 0.25) is 0 Å².